The van der Waals surface area contributed by atoms with Crippen molar-refractivity contribution in [2.45, 2.75) is 0 Å². The van der Waals surface area contributed by atoms with Crippen molar-refractivity contribution in [3.8, 4) is 0 Å². The van der Waals surface area contributed by atoms with E-state index in [1.807, 2.05) is 0 Å². The van der Waals surface area contributed by atoms with Crippen LogP contribution in [0.4, 0.5) is 0 Å². The van der Waals surface area contributed by atoms with Crippen LogP contribution in [-0.4, -0.2) is 66.7 Å². The molecule has 0 aromatic heterocycles. The molecule has 0 spiro atoms. The van der Waals surface area contributed by atoms with E-state index >= 15 is 0 Å². The molecule has 0 aromatic carbocycles. The van der Waals surface area contributed by atoms with Crippen LogP contribution in [0.3, 0.4) is 0 Å². The van der Waals surface area contributed by atoms with Gasteiger partial charge in [-0.25, -0.2) is 0 Å². The van der Waals surface area contributed by atoms with E-state index in [9.17, 15) is 0 Å². The van der Waals surface area contributed by atoms with Crippen molar-refractivity contribution in [1.29, 1.82) is 0 Å². The zero-order valence-electron chi connectivity index (χ0n) is 2.00. The Morgan fingerprint density at radius 3 is 1.25 bits per heavy atom. The van der Waals surface area contributed by atoms with E-state index in [0.717, 1.165) is 24.1 Å². The van der Waals surface area contributed by atoms with Crippen LogP contribution in [0.5, 0.6) is 0 Å². The molecule has 0 fully saturated rings. The predicted molar refractivity (Wildman–Crippen MR) is 37.0 cm³/mol. The van der Waals surface area contributed by atoms with Crippen molar-refractivity contribution in [3.63, 3.8) is 0 Å². The summed E-state index contributed by atoms with van der Waals surface area (Å²) >= 11 is 0.950. The molecule has 0 heterocycles. The third-order valence-electron chi connectivity index (χ3n) is 0. The fourth-order valence-electron chi connectivity index (χ4n) is 0. The molecule has 4 heavy (non-hydrogen) atoms. The first-order valence-electron chi connectivity index (χ1n) is 1.00. The van der Waals surface area contributed by atoms with E-state index in [4.69, 9.17) is 0 Å². The summed E-state index contributed by atoms with van der Waals surface area (Å²) in [5.74, 6) is 0. The Labute approximate surface area is 66.0 Å². The number of hydrogen-bond acceptors (Lipinski definition) is 0. The maximum absolute atomic E-state index is 2.21. The van der Waals surface area contributed by atoms with Crippen LogP contribution >= 0.6 is 0 Å². The van der Waals surface area contributed by atoms with Crippen LogP contribution in [0, 0.1) is 0 Å². The normalized spacial score (nSPS) is 1.00. The average Bonchev–Trinajstić information content (AvgIpc) is 1.00. The minimum absolute atomic E-state index is 0. The van der Waals surface area contributed by atoms with Crippen LogP contribution in [0.2, 0.25) is 0 Å². The maximum atomic E-state index is 2.21. The summed E-state index contributed by atoms with van der Waals surface area (Å²) in [6.07, 6.45) is 0. The molecule has 0 aliphatic carbocycles. The molecule has 0 aliphatic heterocycles. The van der Waals surface area contributed by atoms with Gasteiger partial charge in [-0.1, -0.05) is 0 Å². The molecule has 0 saturated carbocycles. The summed E-state index contributed by atoms with van der Waals surface area (Å²) < 4.78 is 0. The molecule has 0 nitrogen and oxygen atoms in total. The van der Waals surface area contributed by atoms with Gasteiger partial charge in [-0.2, -0.15) is 0 Å². The van der Waals surface area contributed by atoms with Gasteiger partial charge in [0.1, 0.15) is 0 Å². The van der Waals surface area contributed by atoms with Crippen LogP contribution < -0.4 is 0 Å². The molecule has 0 amide bonds. The standard InChI is InChI=1S/Al.BH2.Ga.In.8H/h;1H2;;;;;;;;;;/q;+1;;-1;;;;;;;;. The second kappa shape index (κ2) is 19.4. The third-order valence-corrected chi connectivity index (χ3v) is 0. The van der Waals surface area contributed by atoms with E-state index in [-0.39, 0.29) is 37.2 Å². The van der Waals surface area contributed by atoms with Crippen molar-refractivity contribution in [2.24, 2.45) is 0 Å². The fraction of sp³-hybridized carbons (Fsp3) is 0. The topological polar surface area (TPSA) is 0 Å². The van der Waals surface area contributed by atoms with Crippen molar-refractivity contribution in [3.05, 3.63) is 0 Å². The van der Waals surface area contributed by atoms with Gasteiger partial charge in [-0.3, -0.25) is 0 Å². The Morgan fingerprint density at radius 1 is 1.25 bits per heavy atom. The van der Waals surface area contributed by atoms with E-state index < -0.39 is 0 Å². The molecule has 0 unspecified atom stereocenters. The number of rotatable bonds is 0. The minimum atomic E-state index is 0. The molecular weight excluding hydrogens is 222 g/mol. The third kappa shape index (κ3) is 8.93. The molecule has 0 N–H and O–H groups in total. The first-order valence-corrected chi connectivity index (χ1v) is 6.71. The van der Waals surface area contributed by atoms with Crippen LogP contribution in [-0.2, 0) is 0 Å². The first-order chi connectivity index (χ1) is 1.00. The molecule has 0 bridgehead atoms. The van der Waals surface area contributed by atoms with E-state index in [0.29, 0.717) is 0 Å². The van der Waals surface area contributed by atoms with Crippen molar-refractivity contribution in [1.82, 2.24) is 0 Å². The Hall–Kier alpha value is 2.10. The van der Waals surface area contributed by atoms with E-state index in [2.05, 4.69) is 5.43 Å². The van der Waals surface area contributed by atoms with E-state index in [1.165, 1.54) is 0 Å². The molecule has 4 heteroatoms. The second-order valence-corrected chi connectivity index (χ2v) is 0. The SMILES string of the molecule is [AlH3].[BH2][InH2].[GaH3]. The Bertz CT molecular complexity index is 8.00. The van der Waals surface area contributed by atoms with Crippen LogP contribution in [0.15, 0.2) is 0 Å². The average molecular weight is 232 g/mol. The molecule has 22 valence electrons. The van der Waals surface area contributed by atoms with Gasteiger partial charge in [0.15, 0.2) is 17.4 Å². The van der Waals surface area contributed by atoms with Gasteiger partial charge in [0.2, 0.25) is 0 Å². The quantitative estimate of drug-likeness (QED) is 0.372. The van der Waals surface area contributed by atoms with Gasteiger partial charge < -0.3 is 0 Å². The molecule has 0 rings (SSSR count). The first kappa shape index (κ1) is 16.5. The van der Waals surface area contributed by atoms with Crippen molar-refractivity contribution < 1.29 is 0 Å². The molecular formula is H10AlBGaIn. The number of hydrogen-bond donors (Lipinski definition) is 0. The van der Waals surface area contributed by atoms with Crippen LogP contribution in [0.25, 0.3) is 0 Å². The molecule has 0 aliphatic rings. The van der Waals surface area contributed by atoms with Gasteiger partial charge in [0.25, 0.3) is 0 Å². The molecule has 0 radical (unpaired) electrons. The molecule has 0 aromatic rings. The van der Waals surface area contributed by atoms with E-state index in [1.54, 1.807) is 0 Å². The van der Waals surface area contributed by atoms with Gasteiger partial charge in [0.05, 0.1) is 0 Å². The fourth-order valence-corrected chi connectivity index (χ4v) is 0. The second-order valence-electron chi connectivity index (χ2n) is 0. The summed E-state index contributed by atoms with van der Waals surface area (Å²) in [5.41, 5.74) is 2.21. The Kier molecular flexibility index (Phi) is 80.1. The van der Waals surface area contributed by atoms with Crippen molar-refractivity contribution >= 4 is 66.7 Å². The van der Waals surface area contributed by atoms with Gasteiger partial charge in [0, 0.05) is 0 Å². The van der Waals surface area contributed by atoms with Gasteiger partial charge in [-0.05, 0) is 0 Å². The van der Waals surface area contributed by atoms with Gasteiger partial charge >= 0.3 is 49.4 Å². The summed E-state index contributed by atoms with van der Waals surface area (Å²) in [6.45, 7) is 0. The zero-order valence-corrected chi connectivity index (χ0v) is 7.71. The summed E-state index contributed by atoms with van der Waals surface area (Å²) in [7, 11) is 0. The van der Waals surface area contributed by atoms with Crippen molar-refractivity contribution in [2.75, 3.05) is 0 Å². The monoisotopic (exact) mass is 232 g/mol. The molecule has 0 saturated heterocycles. The summed E-state index contributed by atoms with van der Waals surface area (Å²) in [6, 6.07) is 0. The zero-order chi connectivity index (χ0) is 2.00. The predicted octanol–water partition coefficient (Wildman–Crippen LogP) is -4.20. The van der Waals surface area contributed by atoms with Crippen LogP contribution in [0.1, 0.15) is 0 Å². The molecule has 0 atom stereocenters. The summed E-state index contributed by atoms with van der Waals surface area (Å²) in [5, 5.41) is 0. The Morgan fingerprint density at radius 2 is 1.25 bits per heavy atom. The summed E-state index contributed by atoms with van der Waals surface area (Å²) in [4.78, 5) is 0. The Balaban J connectivity index is -0.00000000500. The van der Waals surface area contributed by atoms with Gasteiger partial charge in [-0.15, -0.1) is 0 Å².